The molecule has 0 aliphatic carbocycles. The van der Waals surface area contributed by atoms with Crippen LogP contribution in [0.15, 0.2) is 12.3 Å². The second-order valence-corrected chi connectivity index (χ2v) is 3.12. The molecule has 3 heteroatoms. The van der Waals surface area contributed by atoms with Gasteiger partial charge >= 0.3 is 5.97 Å². The lowest BCUT2D eigenvalue weighted by Gasteiger charge is -2.13. The summed E-state index contributed by atoms with van der Waals surface area (Å²) in [6.07, 6.45) is 2.76. The molecule has 0 bridgehead atoms. The first-order valence-corrected chi connectivity index (χ1v) is 3.30. The van der Waals surface area contributed by atoms with Crippen molar-refractivity contribution in [3.05, 3.63) is 12.3 Å². The van der Waals surface area contributed by atoms with Gasteiger partial charge in [0, 0.05) is 6.08 Å². The zero-order valence-electron chi connectivity index (χ0n) is 6.96. The summed E-state index contributed by atoms with van der Waals surface area (Å²) in [5, 5.41) is 0. The maximum atomic E-state index is 11.0. The highest BCUT2D eigenvalue weighted by Crippen LogP contribution is 2.14. The zero-order chi connectivity index (χ0) is 8.91. The number of carbonyl (C=O) groups excluding carboxylic acids is 2. The Morgan fingerprint density at radius 1 is 1.36 bits per heavy atom. The number of esters is 1. The quantitative estimate of drug-likeness (QED) is 0.262. The molecule has 0 heterocycles. The SMILES string of the molecule is CC(C)(C)C(=O)OC=CC=O. The first kappa shape index (κ1) is 9.88. The number of allylic oxidation sites excluding steroid dienone is 1. The summed E-state index contributed by atoms with van der Waals surface area (Å²) in [6.45, 7) is 5.22. The highest BCUT2D eigenvalue weighted by Gasteiger charge is 2.21. The minimum absolute atomic E-state index is 0.351. The van der Waals surface area contributed by atoms with E-state index in [2.05, 4.69) is 4.74 Å². The van der Waals surface area contributed by atoms with E-state index in [1.807, 2.05) is 0 Å². The Morgan fingerprint density at radius 3 is 2.27 bits per heavy atom. The van der Waals surface area contributed by atoms with E-state index < -0.39 is 5.41 Å². The van der Waals surface area contributed by atoms with E-state index in [1.165, 1.54) is 0 Å². The van der Waals surface area contributed by atoms with Gasteiger partial charge < -0.3 is 4.74 Å². The number of hydrogen-bond donors (Lipinski definition) is 0. The van der Waals surface area contributed by atoms with Crippen LogP contribution >= 0.6 is 0 Å². The highest BCUT2D eigenvalue weighted by molar-refractivity contribution is 5.76. The number of rotatable bonds is 2. The van der Waals surface area contributed by atoms with Gasteiger partial charge in [0.05, 0.1) is 11.7 Å². The van der Waals surface area contributed by atoms with E-state index in [9.17, 15) is 9.59 Å². The van der Waals surface area contributed by atoms with Gasteiger partial charge in [-0.25, -0.2) is 0 Å². The second-order valence-electron chi connectivity index (χ2n) is 3.12. The zero-order valence-corrected chi connectivity index (χ0v) is 6.96. The average Bonchev–Trinajstić information content (AvgIpc) is 1.86. The van der Waals surface area contributed by atoms with Gasteiger partial charge in [0.25, 0.3) is 0 Å². The van der Waals surface area contributed by atoms with E-state index in [0.29, 0.717) is 6.29 Å². The predicted octanol–water partition coefficient (Wildman–Crippen LogP) is 1.29. The topological polar surface area (TPSA) is 43.4 Å². The van der Waals surface area contributed by atoms with Crippen LogP contribution in [0.4, 0.5) is 0 Å². The maximum absolute atomic E-state index is 11.0. The number of ether oxygens (including phenoxy) is 1. The normalized spacial score (nSPS) is 11.5. The maximum Gasteiger partial charge on any atom is 0.316 e. The summed E-state index contributed by atoms with van der Waals surface area (Å²) in [5.41, 5.74) is -0.521. The molecule has 0 unspecified atom stereocenters. The van der Waals surface area contributed by atoms with Crippen molar-refractivity contribution in [1.29, 1.82) is 0 Å². The molecule has 0 saturated heterocycles. The summed E-state index contributed by atoms with van der Waals surface area (Å²) in [7, 11) is 0. The summed E-state index contributed by atoms with van der Waals surface area (Å²) in [4.78, 5) is 20.7. The number of carbonyl (C=O) groups is 2. The van der Waals surface area contributed by atoms with Gasteiger partial charge in [-0.1, -0.05) is 0 Å². The molecular formula is C8H12O3. The van der Waals surface area contributed by atoms with E-state index >= 15 is 0 Å². The van der Waals surface area contributed by atoms with Gasteiger partial charge in [-0.2, -0.15) is 0 Å². The third kappa shape index (κ3) is 4.31. The fourth-order valence-electron chi connectivity index (χ4n) is 0.310. The Bertz CT molecular complexity index is 174. The van der Waals surface area contributed by atoms with Crippen LogP contribution in [0.25, 0.3) is 0 Å². The van der Waals surface area contributed by atoms with E-state index in [4.69, 9.17) is 0 Å². The van der Waals surface area contributed by atoms with Crippen molar-refractivity contribution < 1.29 is 14.3 Å². The first-order chi connectivity index (χ1) is 4.98. The minimum atomic E-state index is -0.521. The van der Waals surface area contributed by atoms with Crippen LogP contribution in [0, 0.1) is 5.41 Å². The molecule has 0 rings (SSSR count). The van der Waals surface area contributed by atoms with Crippen molar-refractivity contribution in [2.24, 2.45) is 5.41 Å². The molecule has 0 aliphatic heterocycles. The number of hydrogen-bond acceptors (Lipinski definition) is 3. The number of aldehydes is 1. The molecule has 0 aromatic heterocycles. The van der Waals surface area contributed by atoms with Crippen LogP contribution in [0.1, 0.15) is 20.8 Å². The van der Waals surface area contributed by atoms with Gasteiger partial charge in [0.15, 0.2) is 0 Å². The summed E-state index contributed by atoms with van der Waals surface area (Å²) < 4.78 is 4.60. The third-order valence-corrected chi connectivity index (χ3v) is 0.945. The molecule has 0 fully saturated rings. The van der Waals surface area contributed by atoms with E-state index in [-0.39, 0.29) is 5.97 Å². The molecule has 0 saturated carbocycles. The lowest BCUT2D eigenvalue weighted by Crippen LogP contribution is -2.20. The Hall–Kier alpha value is -1.12. The predicted molar refractivity (Wildman–Crippen MR) is 40.8 cm³/mol. The van der Waals surface area contributed by atoms with Crippen LogP contribution in [0.3, 0.4) is 0 Å². The van der Waals surface area contributed by atoms with Gasteiger partial charge in [-0.05, 0) is 20.8 Å². The Labute approximate surface area is 66.0 Å². The molecule has 0 N–H and O–H groups in total. The Balaban J connectivity index is 3.89. The lowest BCUT2D eigenvalue weighted by molar-refractivity contribution is -0.146. The lowest BCUT2D eigenvalue weighted by atomic mass is 9.98. The van der Waals surface area contributed by atoms with Gasteiger partial charge in [-0.3, -0.25) is 9.59 Å². The Kier molecular flexibility index (Phi) is 3.51. The largest absolute Gasteiger partial charge is 0.434 e. The first-order valence-electron chi connectivity index (χ1n) is 3.30. The van der Waals surface area contributed by atoms with Crippen LogP contribution in [-0.2, 0) is 14.3 Å². The Morgan fingerprint density at radius 2 is 1.91 bits per heavy atom. The molecule has 0 aliphatic rings. The molecule has 0 radical (unpaired) electrons. The fraction of sp³-hybridized carbons (Fsp3) is 0.500. The van der Waals surface area contributed by atoms with Gasteiger partial charge in [0.2, 0.25) is 0 Å². The summed E-state index contributed by atoms with van der Waals surface area (Å²) in [5.74, 6) is -0.351. The standard InChI is InChI=1S/C8H12O3/c1-8(2,3)7(10)11-6-4-5-9/h4-6H,1-3H3. The van der Waals surface area contributed by atoms with Crippen molar-refractivity contribution in [3.8, 4) is 0 Å². The van der Waals surface area contributed by atoms with E-state index in [1.54, 1.807) is 20.8 Å². The molecule has 0 atom stereocenters. The molecule has 0 aromatic carbocycles. The van der Waals surface area contributed by atoms with Crippen molar-refractivity contribution >= 4 is 12.3 Å². The second kappa shape index (κ2) is 3.91. The van der Waals surface area contributed by atoms with Gasteiger partial charge in [0.1, 0.15) is 6.29 Å². The molecule has 0 aromatic rings. The van der Waals surface area contributed by atoms with Crippen molar-refractivity contribution in [2.75, 3.05) is 0 Å². The summed E-state index contributed by atoms with van der Waals surface area (Å²) >= 11 is 0. The molecule has 3 nitrogen and oxygen atoms in total. The molecular weight excluding hydrogens is 144 g/mol. The highest BCUT2D eigenvalue weighted by atomic mass is 16.5. The minimum Gasteiger partial charge on any atom is -0.434 e. The molecule has 62 valence electrons. The fourth-order valence-corrected chi connectivity index (χ4v) is 0.310. The van der Waals surface area contributed by atoms with E-state index in [0.717, 1.165) is 12.3 Å². The van der Waals surface area contributed by atoms with Crippen molar-refractivity contribution in [3.63, 3.8) is 0 Å². The monoisotopic (exact) mass is 156 g/mol. The average molecular weight is 156 g/mol. The van der Waals surface area contributed by atoms with Crippen molar-refractivity contribution in [2.45, 2.75) is 20.8 Å². The summed E-state index contributed by atoms with van der Waals surface area (Å²) in [6, 6.07) is 0. The smallest absolute Gasteiger partial charge is 0.316 e. The molecule has 0 spiro atoms. The molecule has 11 heavy (non-hydrogen) atoms. The van der Waals surface area contributed by atoms with Gasteiger partial charge in [-0.15, -0.1) is 0 Å². The van der Waals surface area contributed by atoms with Crippen LogP contribution in [0.2, 0.25) is 0 Å². The van der Waals surface area contributed by atoms with Crippen LogP contribution in [-0.4, -0.2) is 12.3 Å². The van der Waals surface area contributed by atoms with Crippen LogP contribution < -0.4 is 0 Å². The molecule has 0 amide bonds. The van der Waals surface area contributed by atoms with Crippen LogP contribution in [0.5, 0.6) is 0 Å². The van der Waals surface area contributed by atoms with Crippen molar-refractivity contribution in [1.82, 2.24) is 0 Å². The third-order valence-electron chi connectivity index (χ3n) is 0.945.